The first-order chi connectivity index (χ1) is 21.8. The van der Waals surface area contributed by atoms with Crippen molar-refractivity contribution in [2.24, 2.45) is 11.8 Å². The fraction of sp³-hybridized carbons (Fsp3) is 0.429. The van der Waals surface area contributed by atoms with Gasteiger partial charge in [-0.3, -0.25) is 9.59 Å². The summed E-state index contributed by atoms with van der Waals surface area (Å²) in [4.78, 5) is 54.7. The van der Waals surface area contributed by atoms with E-state index in [9.17, 15) is 29.4 Å². The lowest BCUT2D eigenvalue weighted by molar-refractivity contribution is -0.201. The number of phenolic OH excluding ortho intramolecular Hbond substituents is 2. The van der Waals surface area contributed by atoms with Gasteiger partial charge >= 0.3 is 17.9 Å². The minimum absolute atomic E-state index is 0.0401. The van der Waals surface area contributed by atoms with Gasteiger partial charge in [0.2, 0.25) is 5.79 Å². The summed E-state index contributed by atoms with van der Waals surface area (Å²) in [7, 11) is 0. The number of phenols is 2. The van der Waals surface area contributed by atoms with E-state index in [1.165, 1.54) is 19.1 Å². The van der Waals surface area contributed by atoms with Crippen LogP contribution in [0.1, 0.15) is 104 Å². The van der Waals surface area contributed by atoms with E-state index < -0.39 is 53.0 Å². The molecule has 6 aliphatic rings. The number of Topliss-reactive ketones (excluding diaryl/α,β-unsaturated/α-hetero) is 1. The predicted molar refractivity (Wildman–Crippen MR) is 157 cm³/mol. The molecule has 0 amide bonds. The number of esters is 3. The summed E-state index contributed by atoms with van der Waals surface area (Å²) in [5.74, 6) is -5.23. The largest absolute Gasteiger partial charge is 0.507 e. The molecule has 0 saturated carbocycles. The molecule has 4 heterocycles. The summed E-state index contributed by atoms with van der Waals surface area (Å²) in [5, 5.41) is 23.2. The third-order valence-corrected chi connectivity index (χ3v) is 11.4. The lowest BCUT2D eigenvalue weighted by Crippen LogP contribution is -2.54. The standard InChI is InChI=1S/C35H30O11/c1-11-6-16(37)21-24-19(11)25-26-29(39)20-12(2)7-17(38)22-27(20)34(10-42-32(22)40,31(26)44-15(5)36)28(25)30-23(24)18(45-33(21)41)8-35(46-30)14(4)13(3)9-43-35/h6-7,13-14,18,26,31,37-38H,8-10H2,1-5H3. The van der Waals surface area contributed by atoms with Crippen molar-refractivity contribution in [3.05, 3.63) is 62.2 Å². The molecule has 2 N–H and O–H groups in total. The van der Waals surface area contributed by atoms with Gasteiger partial charge in [-0.1, -0.05) is 13.8 Å². The summed E-state index contributed by atoms with van der Waals surface area (Å²) in [5.41, 5.74) is 1.28. The Labute approximate surface area is 262 Å². The molecule has 46 heavy (non-hydrogen) atoms. The Balaban J connectivity index is 1.52. The molecule has 0 radical (unpaired) electrons. The Morgan fingerprint density at radius 1 is 0.935 bits per heavy atom. The molecule has 2 spiro atoms. The van der Waals surface area contributed by atoms with Gasteiger partial charge in [0.25, 0.3) is 0 Å². The van der Waals surface area contributed by atoms with Gasteiger partial charge in [0.15, 0.2) is 5.78 Å². The zero-order chi connectivity index (χ0) is 32.4. The second-order valence-electron chi connectivity index (χ2n) is 13.7. The van der Waals surface area contributed by atoms with Gasteiger partial charge in [-0.25, -0.2) is 9.59 Å². The van der Waals surface area contributed by atoms with Crippen LogP contribution in [0.2, 0.25) is 0 Å². The first kappa shape index (κ1) is 27.7. The van der Waals surface area contributed by atoms with Crippen LogP contribution in [0.5, 0.6) is 17.2 Å². The van der Waals surface area contributed by atoms with Crippen molar-refractivity contribution in [1.29, 1.82) is 0 Å². The number of fused-ring (bicyclic) bond motifs is 5. The molecule has 3 aromatic carbocycles. The van der Waals surface area contributed by atoms with Gasteiger partial charge in [-0.05, 0) is 59.5 Å². The fourth-order valence-corrected chi connectivity index (χ4v) is 9.36. The number of aryl methyl sites for hydroxylation is 2. The molecule has 236 valence electrons. The minimum Gasteiger partial charge on any atom is -0.507 e. The minimum atomic E-state index is -1.47. The molecular weight excluding hydrogens is 596 g/mol. The van der Waals surface area contributed by atoms with Gasteiger partial charge < -0.3 is 33.9 Å². The van der Waals surface area contributed by atoms with E-state index in [4.69, 9.17) is 23.7 Å². The smallest absolute Gasteiger partial charge is 0.343 e. The third-order valence-electron chi connectivity index (χ3n) is 11.4. The van der Waals surface area contributed by atoms with E-state index in [0.717, 1.165) is 0 Å². The highest BCUT2D eigenvalue weighted by atomic mass is 16.7. The van der Waals surface area contributed by atoms with Gasteiger partial charge in [-0.2, -0.15) is 0 Å². The second kappa shape index (κ2) is 8.38. The highest BCUT2D eigenvalue weighted by Crippen LogP contribution is 2.68. The molecule has 2 aliphatic carbocycles. The van der Waals surface area contributed by atoms with Crippen LogP contribution in [0.25, 0.3) is 10.8 Å². The lowest BCUT2D eigenvalue weighted by Gasteiger charge is -2.47. The van der Waals surface area contributed by atoms with Gasteiger partial charge in [0.1, 0.15) is 47.2 Å². The van der Waals surface area contributed by atoms with Crippen LogP contribution in [0, 0.1) is 25.7 Å². The van der Waals surface area contributed by atoms with Crippen LogP contribution in [-0.4, -0.2) is 59.0 Å². The Hall–Kier alpha value is -4.64. The molecule has 11 heteroatoms. The summed E-state index contributed by atoms with van der Waals surface area (Å²) < 4.78 is 31.4. The molecule has 4 aliphatic heterocycles. The lowest BCUT2D eigenvalue weighted by atomic mass is 9.63. The molecular formula is C35H30O11. The van der Waals surface area contributed by atoms with Crippen LogP contribution >= 0.6 is 0 Å². The number of carbonyl (C=O) groups is 4. The van der Waals surface area contributed by atoms with Crippen molar-refractivity contribution in [1.82, 2.24) is 0 Å². The molecule has 7 atom stereocenters. The van der Waals surface area contributed by atoms with Crippen molar-refractivity contribution < 1.29 is 53.1 Å². The van der Waals surface area contributed by atoms with E-state index >= 15 is 0 Å². The topological polar surface area (TPSA) is 155 Å². The van der Waals surface area contributed by atoms with Crippen LogP contribution in [0.4, 0.5) is 0 Å². The van der Waals surface area contributed by atoms with Gasteiger partial charge in [0, 0.05) is 34.9 Å². The van der Waals surface area contributed by atoms with Crippen molar-refractivity contribution in [2.45, 2.75) is 70.4 Å². The van der Waals surface area contributed by atoms with E-state index in [1.54, 1.807) is 13.8 Å². The molecule has 1 saturated heterocycles. The predicted octanol–water partition coefficient (Wildman–Crippen LogP) is 4.54. The molecule has 7 unspecified atom stereocenters. The average Bonchev–Trinajstić information content (AvgIpc) is 3.36. The number of aromatic hydroxyl groups is 2. The quantitative estimate of drug-likeness (QED) is 0.289. The molecule has 0 aromatic heterocycles. The number of cyclic esters (lactones) is 1. The first-order valence-electron chi connectivity index (χ1n) is 15.5. The van der Waals surface area contributed by atoms with Gasteiger partial charge in [0.05, 0.1) is 24.4 Å². The van der Waals surface area contributed by atoms with Crippen LogP contribution in [0.15, 0.2) is 12.1 Å². The summed E-state index contributed by atoms with van der Waals surface area (Å²) in [6.07, 6.45) is -1.82. The monoisotopic (exact) mass is 626 g/mol. The molecule has 2 bridgehead atoms. The maximum absolute atomic E-state index is 14.8. The number of hydrogen-bond acceptors (Lipinski definition) is 11. The molecule has 9 rings (SSSR count). The Morgan fingerprint density at radius 2 is 1.65 bits per heavy atom. The van der Waals surface area contributed by atoms with E-state index in [2.05, 4.69) is 0 Å². The van der Waals surface area contributed by atoms with Crippen LogP contribution in [0.3, 0.4) is 0 Å². The summed E-state index contributed by atoms with van der Waals surface area (Å²) in [6.45, 7) is 8.86. The van der Waals surface area contributed by atoms with Gasteiger partial charge in [-0.15, -0.1) is 0 Å². The van der Waals surface area contributed by atoms with Crippen LogP contribution < -0.4 is 4.74 Å². The maximum Gasteiger partial charge on any atom is 0.343 e. The van der Waals surface area contributed by atoms with Crippen LogP contribution in [-0.2, 0) is 29.2 Å². The fourth-order valence-electron chi connectivity index (χ4n) is 9.36. The first-order valence-corrected chi connectivity index (χ1v) is 15.5. The highest BCUT2D eigenvalue weighted by molar-refractivity contribution is 6.18. The van der Waals surface area contributed by atoms with Crippen molar-refractivity contribution in [3.63, 3.8) is 0 Å². The summed E-state index contributed by atoms with van der Waals surface area (Å²) in [6, 6.07) is 2.83. The average molecular weight is 627 g/mol. The summed E-state index contributed by atoms with van der Waals surface area (Å²) >= 11 is 0. The number of ether oxygens (including phenoxy) is 5. The molecule has 3 aromatic rings. The number of ketones is 1. The van der Waals surface area contributed by atoms with E-state index in [0.29, 0.717) is 45.2 Å². The van der Waals surface area contributed by atoms with Crippen molar-refractivity contribution in [3.8, 4) is 17.2 Å². The van der Waals surface area contributed by atoms with Crippen molar-refractivity contribution in [2.75, 3.05) is 13.2 Å². The number of carbonyl (C=O) groups excluding carboxylic acids is 4. The van der Waals surface area contributed by atoms with Crippen molar-refractivity contribution >= 4 is 34.5 Å². The molecule has 11 nitrogen and oxygen atoms in total. The number of rotatable bonds is 1. The molecule has 1 fully saturated rings. The Morgan fingerprint density at radius 3 is 2.35 bits per heavy atom. The zero-order valence-electron chi connectivity index (χ0n) is 25.7. The highest BCUT2D eigenvalue weighted by Gasteiger charge is 2.69. The zero-order valence-corrected chi connectivity index (χ0v) is 25.7. The maximum atomic E-state index is 14.8. The van der Waals surface area contributed by atoms with E-state index in [-0.39, 0.29) is 64.4 Å². The Kier molecular flexibility index (Phi) is 5.04. The van der Waals surface area contributed by atoms with E-state index in [1.807, 2.05) is 13.8 Å². The second-order valence-corrected chi connectivity index (χ2v) is 13.7. The number of hydrogen-bond donors (Lipinski definition) is 2. The number of benzene rings is 3. The SMILES string of the molecule is CC(=O)OC1C2C(=O)c3c(C)cc(O)c4c3C1(COC4=O)c1c3c4c5c(c(O)cc(C)c5c12)C(=O)OC4CC1(OCC(C)C1C)O3. The third kappa shape index (κ3) is 2.90. The normalized spacial score (nSPS) is 32.5. The Bertz CT molecular complexity index is 2060.